The van der Waals surface area contributed by atoms with E-state index in [1.54, 1.807) is 36.4 Å². The lowest BCUT2D eigenvalue weighted by Crippen LogP contribution is -2.21. The Balaban J connectivity index is 1.33. The summed E-state index contributed by atoms with van der Waals surface area (Å²) in [6.45, 7) is 0.367. The lowest BCUT2D eigenvalue weighted by molar-refractivity contribution is 0.0956. The fraction of sp³-hybridized carbons (Fsp3) is 0.0385. The minimum absolute atomic E-state index is 0.268. The number of rotatable bonds is 8. The number of benzene rings is 3. The monoisotopic (exact) mass is 489 g/mol. The number of amides is 2. The van der Waals surface area contributed by atoms with Crippen molar-refractivity contribution in [2.75, 3.05) is 5.32 Å². The fourth-order valence-corrected chi connectivity index (χ4v) is 3.84. The van der Waals surface area contributed by atoms with Crippen LogP contribution < -0.4 is 15.5 Å². The molecule has 4 aromatic rings. The summed E-state index contributed by atoms with van der Waals surface area (Å²) in [5.74, 6) is -0.00914. The quantitative estimate of drug-likeness (QED) is 0.235. The van der Waals surface area contributed by atoms with Gasteiger partial charge in [0, 0.05) is 10.6 Å². The molecule has 34 heavy (non-hydrogen) atoms. The van der Waals surface area contributed by atoms with Gasteiger partial charge in [0.1, 0.15) is 12.4 Å². The summed E-state index contributed by atoms with van der Waals surface area (Å²) >= 11 is 7.48. The Morgan fingerprint density at radius 1 is 0.912 bits per heavy atom. The molecule has 0 unspecified atom stereocenters. The van der Waals surface area contributed by atoms with E-state index in [2.05, 4.69) is 15.8 Å². The summed E-state index contributed by atoms with van der Waals surface area (Å²) in [6, 6.07) is 25.1. The number of nitrogens with zero attached hydrogens (tertiary/aromatic N) is 1. The molecule has 0 spiro atoms. The number of nitrogens with one attached hydrogen (secondary N) is 2. The number of hydrogen-bond donors (Lipinski definition) is 2. The zero-order chi connectivity index (χ0) is 23.8. The smallest absolute Gasteiger partial charge is 0.273 e. The van der Waals surface area contributed by atoms with Gasteiger partial charge in [-0.05, 0) is 59.5 Å². The third-order valence-corrected chi connectivity index (χ3v) is 6.01. The highest BCUT2D eigenvalue weighted by Gasteiger charge is 2.14. The molecule has 8 heteroatoms. The minimum Gasteiger partial charge on any atom is -0.489 e. The molecule has 6 nitrogen and oxygen atoms in total. The third kappa shape index (κ3) is 6.10. The second-order valence-electron chi connectivity index (χ2n) is 7.13. The Hall–Kier alpha value is -3.94. The molecular weight excluding hydrogens is 470 g/mol. The molecule has 0 radical (unpaired) electrons. The average Bonchev–Trinajstić information content (AvgIpc) is 3.40. The predicted molar refractivity (Wildman–Crippen MR) is 136 cm³/mol. The SMILES string of the molecule is O=C(Nc1ccccc1C(=O)N/N=C/c1ccc(OCc2ccccc2Cl)cc1)c1cccs1. The van der Waals surface area contributed by atoms with Crippen LogP contribution in [0.5, 0.6) is 5.75 Å². The summed E-state index contributed by atoms with van der Waals surface area (Å²) in [7, 11) is 0. The van der Waals surface area contributed by atoms with Crippen LogP contribution in [0.2, 0.25) is 5.02 Å². The van der Waals surface area contributed by atoms with Crippen LogP contribution in [0.15, 0.2) is 95.4 Å². The van der Waals surface area contributed by atoms with Gasteiger partial charge in [-0.2, -0.15) is 5.10 Å². The molecule has 0 aliphatic rings. The molecule has 0 saturated carbocycles. The molecule has 1 heterocycles. The largest absolute Gasteiger partial charge is 0.489 e. The Morgan fingerprint density at radius 2 is 1.68 bits per heavy atom. The van der Waals surface area contributed by atoms with Crippen LogP contribution in [-0.2, 0) is 6.61 Å². The zero-order valence-electron chi connectivity index (χ0n) is 17.9. The van der Waals surface area contributed by atoms with Gasteiger partial charge in [0.2, 0.25) is 0 Å². The Bertz CT molecular complexity index is 1310. The topological polar surface area (TPSA) is 79.8 Å². The van der Waals surface area contributed by atoms with E-state index in [4.69, 9.17) is 16.3 Å². The second-order valence-corrected chi connectivity index (χ2v) is 8.48. The van der Waals surface area contributed by atoms with Crippen molar-refractivity contribution < 1.29 is 14.3 Å². The van der Waals surface area contributed by atoms with Gasteiger partial charge < -0.3 is 10.1 Å². The number of halogens is 1. The molecule has 0 aliphatic carbocycles. The van der Waals surface area contributed by atoms with Crippen LogP contribution >= 0.6 is 22.9 Å². The number of hydrogen-bond acceptors (Lipinski definition) is 5. The van der Waals surface area contributed by atoms with Gasteiger partial charge in [-0.1, -0.05) is 48.0 Å². The molecule has 170 valence electrons. The standard InChI is InChI=1S/C26H20ClN3O3S/c27-22-8-3-1-6-19(22)17-33-20-13-11-18(12-14-20)16-28-30-25(31)21-7-2-4-9-23(21)29-26(32)24-10-5-15-34-24/h1-16H,17H2,(H,29,32)(H,30,31)/b28-16+. The van der Waals surface area contributed by atoms with Crippen molar-refractivity contribution in [3.8, 4) is 5.75 Å². The van der Waals surface area contributed by atoms with Gasteiger partial charge in [-0.25, -0.2) is 5.43 Å². The van der Waals surface area contributed by atoms with Crippen molar-refractivity contribution >= 4 is 46.7 Å². The molecular formula is C26H20ClN3O3S. The molecule has 0 aliphatic heterocycles. The van der Waals surface area contributed by atoms with E-state index in [0.29, 0.717) is 33.5 Å². The Labute approximate surface area is 205 Å². The maximum Gasteiger partial charge on any atom is 0.273 e. The van der Waals surface area contributed by atoms with E-state index >= 15 is 0 Å². The van der Waals surface area contributed by atoms with Crippen LogP contribution in [0, 0.1) is 0 Å². The summed E-state index contributed by atoms with van der Waals surface area (Å²) in [6.07, 6.45) is 1.53. The molecule has 0 atom stereocenters. The summed E-state index contributed by atoms with van der Waals surface area (Å²) in [5.41, 5.74) is 4.91. The van der Waals surface area contributed by atoms with Crippen molar-refractivity contribution in [3.05, 3.63) is 117 Å². The van der Waals surface area contributed by atoms with Crippen LogP contribution in [0.3, 0.4) is 0 Å². The van der Waals surface area contributed by atoms with E-state index in [1.807, 2.05) is 53.9 Å². The van der Waals surface area contributed by atoms with Crippen molar-refractivity contribution in [3.63, 3.8) is 0 Å². The molecule has 0 saturated heterocycles. The van der Waals surface area contributed by atoms with Crippen LogP contribution in [0.1, 0.15) is 31.2 Å². The van der Waals surface area contributed by atoms with Crippen LogP contribution in [0.4, 0.5) is 5.69 Å². The summed E-state index contributed by atoms with van der Waals surface area (Å²) < 4.78 is 5.77. The maximum atomic E-state index is 12.6. The van der Waals surface area contributed by atoms with Gasteiger partial charge in [0.05, 0.1) is 22.3 Å². The van der Waals surface area contributed by atoms with Gasteiger partial charge in [0.25, 0.3) is 11.8 Å². The number of carbonyl (C=O) groups is 2. The average molecular weight is 490 g/mol. The van der Waals surface area contributed by atoms with Crippen molar-refractivity contribution in [2.45, 2.75) is 6.61 Å². The number of hydrazone groups is 1. The summed E-state index contributed by atoms with van der Waals surface area (Å²) in [5, 5.41) is 9.28. The van der Waals surface area contributed by atoms with Gasteiger partial charge in [-0.3, -0.25) is 9.59 Å². The van der Waals surface area contributed by atoms with E-state index in [-0.39, 0.29) is 5.91 Å². The number of ether oxygens (including phenoxy) is 1. The number of para-hydroxylation sites is 1. The molecule has 1 aromatic heterocycles. The molecule has 3 aromatic carbocycles. The van der Waals surface area contributed by atoms with Gasteiger partial charge >= 0.3 is 0 Å². The first-order chi connectivity index (χ1) is 16.6. The van der Waals surface area contributed by atoms with Crippen LogP contribution in [-0.4, -0.2) is 18.0 Å². The lowest BCUT2D eigenvalue weighted by Gasteiger charge is -2.09. The van der Waals surface area contributed by atoms with E-state index in [0.717, 1.165) is 11.1 Å². The third-order valence-electron chi connectivity index (χ3n) is 4.78. The van der Waals surface area contributed by atoms with Crippen LogP contribution in [0.25, 0.3) is 0 Å². The van der Waals surface area contributed by atoms with Crippen molar-refractivity contribution in [1.82, 2.24) is 5.43 Å². The highest BCUT2D eigenvalue weighted by Crippen LogP contribution is 2.19. The first kappa shape index (κ1) is 23.2. The second kappa shape index (κ2) is 11.3. The maximum absolute atomic E-state index is 12.6. The highest BCUT2D eigenvalue weighted by molar-refractivity contribution is 7.12. The van der Waals surface area contributed by atoms with Crippen molar-refractivity contribution in [2.24, 2.45) is 5.10 Å². The normalized spacial score (nSPS) is 10.7. The molecule has 0 bridgehead atoms. The molecule has 4 rings (SSSR count). The van der Waals surface area contributed by atoms with Gasteiger partial charge in [-0.15, -0.1) is 11.3 Å². The fourth-order valence-electron chi connectivity index (χ4n) is 3.03. The minimum atomic E-state index is -0.432. The molecule has 2 amide bonds. The Morgan fingerprint density at radius 3 is 2.44 bits per heavy atom. The highest BCUT2D eigenvalue weighted by atomic mass is 35.5. The van der Waals surface area contributed by atoms with E-state index < -0.39 is 5.91 Å². The zero-order valence-corrected chi connectivity index (χ0v) is 19.5. The molecule has 0 fully saturated rings. The number of thiophene rings is 1. The van der Waals surface area contributed by atoms with Gasteiger partial charge in [0.15, 0.2) is 0 Å². The predicted octanol–water partition coefficient (Wildman–Crippen LogP) is 6.00. The number of anilines is 1. The summed E-state index contributed by atoms with van der Waals surface area (Å²) in [4.78, 5) is 25.5. The van der Waals surface area contributed by atoms with E-state index in [1.165, 1.54) is 17.6 Å². The van der Waals surface area contributed by atoms with Crippen molar-refractivity contribution in [1.29, 1.82) is 0 Å². The first-order valence-corrected chi connectivity index (χ1v) is 11.6. The van der Waals surface area contributed by atoms with E-state index in [9.17, 15) is 9.59 Å². The Kier molecular flexibility index (Phi) is 7.70. The number of carbonyl (C=O) groups excluding carboxylic acids is 2. The first-order valence-electron chi connectivity index (χ1n) is 10.3. The molecule has 2 N–H and O–H groups in total. The lowest BCUT2D eigenvalue weighted by atomic mass is 10.1.